The second-order valence-electron chi connectivity index (χ2n) is 9.44. The van der Waals surface area contributed by atoms with Crippen molar-refractivity contribution in [3.05, 3.63) is 126 Å². The van der Waals surface area contributed by atoms with Crippen LogP contribution < -0.4 is 5.11 Å². The molecule has 0 aliphatic carbocycles. The Morgan fingerprint density at radius 1 is 0.927 bits per heavy atom. The van der Waals surface area contributed by atoms with Gasteiger partial charge < -0.3 is 15.0 Å². The van der Waals surface area contributed by atoms with Crippen molar-refractivity contribution in [2.24, 2.45) is 0 Å². The molecule has 1 heterocycles. The van der Waals surface area contributed by atoms with Crippen LogP contribution in [0.15, 0.2) is 109 Å². The first-order chi connectivity index (χ1) is 19.5. The number of carboxylic acids is 1. The van der Waals surface area contributed by atoms with E-state index in [0.29, 0.717) is 11.1 Å². The summed E-state index contributed by atoms with van der Waals surface area (Å²) in [6.07, 6.45) is 6.70. The quantitative estimate of drug-likeness (QED) is 0.163. The normalized spacial score (nSPS) is 20.6. The molecule has 3 aromatic carbocycles. The number of allylic oxidation sites excluding steroid dienone is 4. The Bertz CT molecular complexity index is 1630. The van der Waals surface area contributed by atoms with Gasteiger partial charge in [0.25, 0.3) is 10.1 Å². The van der Waals surface area contributed by atoms with E-state index >= 15 is 0 Å². The fourth-order valence-electron chi connectivity index (χ4n) is 4.92. The van der Waals surface area contributed by atoms with Crippen LogP contribution in [0.3, 0.4) is 0 Å². The summed E-state index contributed by atoms with van der Waals surface area (Å²) in [6.45, 7) is 0. The number of aromatic hydroxyl groups is 1. The van der Waals surface area contributed by atoms with E-state index in [1.807, 2.05) is 36.4 Å². The smallest absolute Gasteiger partial charge is 0.348 e. The van der Waals surface area contributed by atoms with Crippen LogP contribution in [-0.4, -0.2) is 51.6 Å². The molecule has 41 heavy (non-hydrogen) atoms. The first-order valence-electron chi connectivity index (χ1n) is 12.6. The van der Waals surface area contributed by atoms with Crippen molar-refractivity contribution in [2.75, 3.05) is 0 Å². The Labute approximate surface area is 237 Å². The molecule has 2 amide bonds. The van der Waals surface area contributed by atoms with Crippen LogP contribution in [0.25, 0.3) is 11.8 Å². The SMILES string of the molecule is O=C([O-])C(Cc1ccc(O)cc1)[N+]1(C(=CC=C/C=C/c2ccccc2)c2ccccc2)C(=O)CC(S(=O)(=O)O)C1=O. The summed E-state index contributed by atoms with van der Waals surface area (Å²) in [5.41, 5.74) is 1.46. The molecule has 3 unspecified atom stereocenters. The number of quaternary nitrogens is 1. The van der Waals surface area contributed by atoms with Gasteiger partial charge in [0.1, 0.15) is 11.7 Å². The van der Waals surface area contributed by atoms with Gasteiger partial charge in [-0.3, -0.25) is 4.55 Å². The van der Waals surface area contributed by atoms with Crippen LogP contribution in [0.2, 0.25) is 0 Å². The monoisotopic (exact) mass is 573 g/mol. The maximum Gasteiger partial charge on any atom is 0.348 e. The molecule has 0 aromatic heterocycles. The van der Waals surface area contributed by atoms with Crippen molar-refractivity contribution in [2.45, 2.75) is 24.1 Å². The van der Waals surface area contributed by atoms with Gasteiger partial charge in [-0.2, -0.15) is 12.9 Å². The number of hydrogen-bond donors (Lipinski definition) is 2. The van der Waals surface area contributed by atoms with E-state index in [0.717, 1.165) is 5.56 Å². The Kier molecular flexibility index (Phi) is 8.77. The number of rotatable bonds is 10. The van der Waals surface area contributed by atoms with Crippen LogP contribution in [-0.2, 0) is 30.9 Å². The highest BCUT2D eigenvalue weighted by Crippen LogP contribution is 2.41. The number of phenols is 1. The zero-order chi connectivity index (χ0) is 29.6. The number of carboxylic acid groups (broad SMARTS) is 1. The number of likely N-dealkylation sites (tertiary alicyclic amines) is 1. The number of aliphatic carboxylic acids is 1. The molecule has 0 radical (unpaired) electrons. The molecule has 10 heteroatoms. The molecule has 0 saturated carbocycles. The van der Waals surface area contributed by atoms with Crippen LogP contribution in [0, 0.1) is 0 Å². The van der Waals surface area contributed by atoms with Gasteiger partial charge in [0.2, 0.25) is 5.25 Å². The van der Waals surface area contributed by atoms with Gasteiger partial charge in [-0.15, -0.1) is 0 Å². The highest BCUT2D eigenvalue weighted by atomic mass is 32.2. The summed E-state index contributed by atoms with van der Waals surface area (Å²) in [7, 11) is -5.06. The lowest BCUT2D eigenvalue weighted by atomic mass is 9.98. The van der Waals surface area contributed by atoms with Gasteiger partial charge in [0, 0.05) is 18.1 Å². The molecule has 1 fully saturated rings. The molecule has 210 valence electrons. The van der Waals surface area contributed by atoms with Gasteiger partial charge in [0.05, 0.1) is 6.42 Å². The standard InChI is InChI=1S/C31H27NO8S/c33-25-18-16-23(17-19-25)20-27(31(36)37)32(29(34)21-28(30(32)35)41(38,39)40)26(24-13-7-3-8-14-24)15-9-2-6-12-22-10-4-1-5-11-22/h1-19,27-28H,20-21H2,(H2-,33,36,37,38,39,40)/b9-2?,12-6+,26-15?. The summed E-state index contributed by atoms with van der Waals surface area (Å²) < 4.78 is 32.7. The predicted octanol–water partition coefficient (Wildman–Crippen LogP) is 2.89. The van der Waals surface area contributed by atoms with Crippen molar-refractivity contribution in [3.8, 4) is 5.75 Å². The molecule has 3 atom stereocenters. The lowest BCUT2D eigenvalue weighted by Gasteiger charge is -2.38. The van der Waals surface area contributed by atoms with Crippen LogP contribution in [0.5, 0.6) is 5.75 Å². The number of nitrogens with zero attached hydrogens (tertiary/aromatic N) is 1. The highest BCUT2D eigenvalue weighted by molar-refractivity contribution is 7.87. The molecule has 9 nitrogen and oxygen atoms in total. The summed E-state index contributed by atoms with van der Waals surface area (Å²) in [6, 6.07) is 21.0. The minimum absolute atomic E-state index is 0.0824. The van der Waals surface area contributed by atoms with E-state index in [1.165, 1.54) is 36.4 Å². The lowest BCUT2D eigenvalue weighted by Crippen LogP contribution is -2.65. The van der Waals surface area contributed by atoms with Gasteiger partial charge >= 0.3 is 11.8 Å². The molecule has 2 N–H and O–H groups in total. The predicted molar refractivity (Wildman–Crippen MR) is 150 cm³/mol. The maximum absolute atomic E-state index is 14.0. The van der Waals surface area contributed by atoms with E-state index in [9.17, 15) is 37.6 Å². The molecule has 1 saturated heterocycles. The van der Waals surface area contributed by atoms with E-state index in [4.69, 9.17) is 0 Å². The zero-order valence-electron chi connectivity index (χ0n) is 21.7. The first kappa shape index (κ1) is 29.3. The zero-order valence-corrected chi connectivity index (χ0v) is 22.6. The number of imide groups is 1. The number of amides is 2. The fourth-order valence-corrected chi connectivity index (χ4v) is 5.70. The van der Waals surface area contributed by atoms with Crippen molar-refractivity contribution in [3.63, 3.8) is 0 Å². The Morgan fingerprint density at radius 3 is 2.10 bits per heavy atom. The van der Waals surface area contributed by atoms with Gasteiger partial charge in [-0.1, -0.05) is 85.0 Å². The topological polar surface area (TPSA) is 149 Å². The maximum atomic E-state index is 14.0. The van der Waals surface area contributed by atoms with Gasteiger partial charge in [-0.05, 0) is 35.4 Å². The average Bonchev–Trinajstić information content (AvgIpc) is 3.22. The molecule has 4 rings (SSSR count). The molecular formula is C31H27NO8S. The Morgan fingerprint density at radius 2 is 1.54 bits per heavy atom. The summed E-state index contributed by atoms with van der Waals surface area (Å²) in [5, 5.41) is 20.2. The largest absolute Gasteiger partial charge is 0.544 e. The van der Waals surface area contributed by atoms with Gasteiger partial charge in [-0.25, -0.2) is 9.59 Å². The molecule has 1 aliphatic heterocycles. The number of hydrogen-bond acceptors (Lipinski definition) is 7. The van der Waals surface area contributed by atoms with Crippen LogP contribution in [0.4, 0.5) is 0 Å². The van der Waals surface area contributed by atoms with E-state index in [2.05, 4.69) is 0 Å². The Hall–Kier alpha value is -4.64. The lowest BCUT2D eigenvalue weighted by molar-refractivity contribution is -0.722. The van der Waals surface area contributed by atoms with Gasteiger partial charge in [0.15, 0.2) is 11.7 Å². The minimum atomic E-state index is -5.06. The van der Waals surface area contributed by atoms with Crippen molar-refractivity contribution in [1.29, 1.82) is 0 Å². The molecule has 0 bridgehead atoms. The fraction of sp³-hybridized carbons (Fsp3) is 0.129. The third-order valence-electron chi connectivity index (χ3n) is 6.86. The third kappa shape index (κ3) is 6.25. The van der Waals surface area contributed by atoms with Crippen molar-refractivity contribution >= 4 is 39.7 Å². The number of carbonyl (C=O) groups excluding carboxylic acids is 3. The Balaban J connectivity index is 1.92. The third-order valence-corrected chi connectivity index (χ3v) is 7.94. The van der Waals surface area contributed by atoms with E-state index in [-0.39, 0.29) is 11.4 Å². The van der Waals surface area contributed by atoms with Crippen molar-refractivity contribution in [1.82, 2.24) is 0 Å². The number of carbonyl (C=O) groups is 3. The number of phenolic OH excluding ortho intramolecular Hbond substituents is 1. The van der Waals surface area contributed by atoms with Crippen LogP contribution in [0.1, 0.15) is 23.1 Å². The average molecular weight is 574 g/mol. The van der Waals surface area contributed by atoms with E-state index < -0.39 is 56.5 Å². The second kappa shape index (κ2) is 12.3. The first-order valence-corrected chi connectivity index (χ1v) is 14.1. The molecule has 0 spiro atoms. The number of benzene rings is 3. The second-order valence-corrected chi connectivity index (χ2v) is 11.0. The molecular weight excluding hydrogens is 546 g/mol. The highest BCUT2D eigenvalue weighted by Gasteiger charge is 2.66. The van der Waals surface area contributed by atoms with E-state index in [1.54, 1.807) is 42.5 Å². The van der Waals surface area contributed by atoms with Crippen LogP contribution >= 0.6 is 0 Å². The summed E-state index contributed by atoms with van der Waals surface area (Å²) >= 11 is 0. The molecule has 3 aromatic rings. The summed E-state index contributed by atoms with van der Waals surface area (Å²) in [5.74, 6) is -4.17. The minimum Gasteiger partial charge on any atom is -0.544 e. The molecule has 1 aliphatic rings. The van der Waals surface area contributed by atoms with Crippen molar-refractivity contribution < 1.29 is 42.1 Å². The summed E-state index contributed by atoms with van der Waals surface area (Å²) in [4.78, 5) is 40.5.